The molecule has 0 aromatic heterocycles. The number of piperazine rings is 1. The molecule has 0 bridgehead atoms. The van der Waals surface area contributed by atoms with E-state index >= 15 is 0 Å². The maximum atomic E-state index is 2.78. The second-order valence-corrected chi connectivity index (χ2v) is 8.13. The van der Waals surface area contributed by atoms with Gasteiger partial charge in [-0.1, -0.05) is 0 Å². The van der Waals surface area contributed by atoms with Crippen LogP contribution in [0.2, 0.25) is 0 Å². The highest BCUT2D eigenvalue weighted by Gasteiger charge is 2.35. The molecular formula is C18H36N4. The Morgan fingerprint density at radius 2 is 1.05 bits per heavy atom. The van der Waals surface area contributed by atoms with E-state index in [0.717, 1.165) is 24.2 Å². The molecule has 3 rings (SSSR count). The zero-order valence-electron chi connectivity index (χ0n) is 15.2. The summed E-state index contributed by atoms with van der Waals surface area (Å²) in [6, 6.07) is 3.14. The molecule has 3 saturated heterocycles. The minimum Gasteiger partial charge on any atom is -0.301 e. The zero-order valence-corrected chi connectivity index (χ0v) is 15.2. The lowest BCUT2D eigenvalue weighted by molar-refractivity contribution is -0.0226. The number of likely N-dealkylation sites (tertiary alicyclic amines) is 2. The van der Waals surface area contributed by atoms with E-state index in [2.05, 4.69) is 47.3 Å². The fraction of sp³-hybridized carbons (Fsp3) is 1.00. The van der Waals surface area contributed by atoms with E-state index in [1.807, 2.05) is 0 Å². The first-order valence-corrected chi connectivity index (χ1v) is 9.51. The van der Waals surface area contributed by atoms with Crippen molar-refractivity contribution in [1.29, 1.82) is 0 Å². The van der Waals surface area contributed by atoms with Gasteiger partial charge in [0.2, 0.25) is 0 Å². The molecule has 3 aliphatic rings. The average Bonchev–Trinajstić information content (AvgIpc) is 2.46. The van der Waals surface area contributed by atoms with E-state index in [9.17, 15) is 0 Å². The van der Waals surface area contributed by atoms with E-state index in [1.54, 1.807) is 0 Å². The number of nitrogens with zero attached hydrogens (tertiary/aromatic N) is 4. The molecule has 0 atom stereocenters. The van der Waals surface area contributed by atoms with Crippen LogP contribution in [0.3, 0.4) is 0 Å². The van der Waals surface area contributed by atoms with Gasteiger partial charge in [-0.3, -0.25) is 14.7 Å². The smallest absolute Gasteiger partial charge is 0.0351 e. The van der Waals surface area contributed by atoms with Gasteiger partial charge in [0.25, 0.3) is 0 Å². The standard InChI is InChI=1S/C18H36N4/c1-15(2)19-7-5-17(6-8-19)20-9-11-21(12-10-20)18-13-22(14-18)16(3)4/h15-18H,5-14H2,1-4H3. The van der Waals surface area contributed by atoms with Crippen molar-refractivity contribution in [2.75, 3.05) is 52.4 Å². The van der Waals surface area contributed by atoms with E-state index < -0.39 is 0 Å². The van der Waals surface area contributed by atoms with Crippen LogP contribution in [0, 0.1) is 0 Å². The van der Waals surface area contributed by atoms with Crippen LogP contribution >= 0.6 is 0 Å². The third-order valence-electron chi connectivity index (χ3n) is 6.23. The number of rotatable bonds is 4. The van der Waals surface area contributed by atoms with Crippen molar-refractivity contribution < 1.29 is 0 Å². The Morgan fingerprint density at radius 3 is 1.50 bits per heavy atom. The second kappa shape index (κ2) is 7.16. The van der Waals surface area contributed by atoms with Gasteiger partial charge in [-0.25, -0.2) is 0 Å². The first-order valence-electron chi connectivity index (χ1n) is 9.51. The van der Waals surface area contributed by atoms with Crippen LogP contribution in [-0.4, -0.2) is 96.1 Å². The molecule has 0 radical (unpaired) electrons. The lowest BCUT2D eigenvalue weighted by Gasteiger charge is -2.51. The highest BCUT2D eigenvalue weighted by atomic mass is 15.4. The van der Waals surface area contributed by atoms with Crippen molar-refractivity contribution in [1.82, 2.24) is 19.6 Å². The minimum absolute atomic E-state index is 0.723. The highest BCUT2D eigenvalue weighted by Crippen LogP contribution is 2.23. The Bertz CT molecular complexity index is 335. The molecular weight excluding hydrogens is 272 g/mol. The molecule has 0 saturated carbocycles. The predicted molar refractivity (Wildman–Crippen MR) is 93.4 cm³/mol. The number of hydrogen-bond donors (Lipinski definition) is 0. The van der Waals surface area contributed by atoms with E-state index in [1.165, 1.54) is 65.2 Å². The van der Waals surface area contributed by atoms with Crippen LogP contribution in [0.4, 0.5) is 0 Å². The lowest BCUT2D eigenvalue weighted by Crippen LogP contribution is -2.65. The van der Waals surface area contributed by atoms with E-state index in [-0.39, 0.29) is 0 Å². The molecule has 0 aliphatic carbocycles. The van der Waals surface area contributed by atoms with Crippen LogP contribution in [0.1, 0.15) is 40.5 Å². The molecule has 0 aromatic rings. The summed E-state index contributed by atoms with van der Waals surface area (Å²) in [5.74, 6) is 0. The van der Waals surface area contributed by atoms with Gasteiger partial charge in [0.1, 0.15) is 0 Å². The topological polar surface area (TPSA) is 13.0 Å². The van der Waals surface area contributed by atoms with Crippen molar-refractivity contribution in [2.24, 2.45) is 0 Å². The maximum absolute atomic E-state index is 2.78. The molecule has 128 valence electrons. The van der Waals surface area contributed by atoms with Crippen molar-refractivity contribution in [3.8, 4) is 0 Å². The Hall–Kier alpha value is -0.160. The molecule has 3 heterocycles. The predicted octanol–water partition coefficient (Wildman–Crippen LogP) is 1.57. The van der Waals surface area contributed by atoms with Crippen LogP contribution in [0.5, 0.6) is 0 Å². The SMILES string of the molecule is CC(C)N1CCC(N2CCN(C3CN(C(C)C)C3)CC2)CC1. The highest BCUT2D eigenvalue weighted by molar-refractivity contribution is 4.93. The fourth-order valence-corrected chi connectivity index (χ4v) is 4.38. The number of piperidine rings is 1. The Labute approximate surface area is 137 Å². The first kappa shape index (κ1) is 16.7. The number of hydrogen-bond acceptors (Lipinski definition) is 4. The van der Waals surface area contributed by atoms with Crippen molar-refractivity contribution in [3.05, 3.63) is 0 Å². The summed E-state index contributed by atoms with van der Waals surface area (Å²) in [7, 11) is 0. The van der Waals surface area contributed by atoms with Crippen LogP contribution in [0.15, 0.2) is 0 Å². The first-order chi connectivity index (χ1) is 10.5. The monoisotopic (exact) mass is 308 g/mol. The van der Waals surface area contributed by atoms with E-state index in [0.29, 0.717) is 0 Å². The third-order valence-corrected chi connectivity index (χ3v) is 6.23. The largest absolute Gasteiger partial charge is 0.301 e. The lowest BCUT2D eigenvalue weighted by atomic mass is 10.00. The second-order valence-electron chi connectivity index (χ2n) is 8.13. The van der Waals surface area contributed by atoms with Crippen molar-refractivity contribution >= 4 is 0 Å². The molecule has 22 heavy (non-hydrogen) atoms. The summed E-state index contributed by atoms with van der Waals surface area (Å²) in [6.45, 7) is 19.7. The molecule has 0 unspecified atom stereocenters. The van der Waals surface area contributed by atoms with Gasteiger partial charge < -0.3 is 4.90 Å². The molecule has 3 aliphatic heterocycles. The summed E-state index contributed by atoms with van der Waals surface area (Å²) in [5.41, 5.74) is 0. The maximum Gasteiger partial charge on any atom is 0.0351 e. The Kier molecular flexibility index (Phi) is 5.43. The zero-order chi connectivity index (χ0) is 15.7. The van der Waals surface area contributed by atoms with Crippen molar-refractivity contribution in [2.45, 2.75) is 64.7 Å². The van der Waals surface area contributed by atoms with Gasteiger partial charge in [0.15, 0.2) is 0 Å². The summed E-state index contributed by atoms with van der Waals surface area (Å²) in [4.78, 5) is 10.8. The quantitative estimate of drug-likeness (QED) is 0.781. The summed E-state index contributed by atoms with van der Waals surface area (Å²) in [5, 5.41) is 0. The fourth-order valence-electron chi connectivity index (χ4n) is 4.38. The molecule has 0 N–H and O–H groups in total. The molecule has 0 spiro atoms. The molecule has 3 fully saturated rings. The van der Waals surface area contributed by atoms with Gasteiger partial charge in [-0.15, -0.1) is 0 Å². The van der Waals surface area contributed by atoms with Gasteiger partial charge in [0.05, 0.1) is 0 Å². The van der Waals surface area contributed by atoms with Crippen LogP contribution in [0.25, 0.3) is 0 Å². The average molecular weight is 309 g/mol. The normalized spacial score (nSPS) is 28.6. The van der Waals surface area contributed by atoms with Gasteiger partial charge in [-0.05, 0) is 53.6 Å². The molecule has 4 heteroatoms. The van der Waals surface area contributed by atoms with Gasteiger partial charge in [-0.2, -0.15) is 0 Å². The minimum atomic E-state index is 0.723. The molecule has 0 aromatic carbocycles. The van der Waals surface area contributed by atoms with Crippen LogP contribution < -0.4 is 0 Å². The van der Waals surface area contributed by atoms with Crippen molar-refractivity contribution in [3.63, 3.8) is 0 Å². The van der Waals surface area contributed by atoms with Crippen LogP contribution in [-0.2, 0) is 0 Å². The van der Waals surface area contributed by atoms with Gasteiger partial charge in [0, 0.05) is 63.4 Å². The third kappa shape index (κ3) is 3.66. The summed E-state index contributed by atoms with van der Waals surface area (Å²) >= 11 is 0. The summed E-state index contributed by atoms with van der Waals surface area (Å²) in [6.07, 6.45) is 2.76. The molecule has 0 amide bonds. The van der Waals surface area contributed by atoms with E-state index in [4.69, 9.17) is 0 Å². The van der Waals surface area contributed by atoms with Gasteiger partial charge >= 0.3 is 0 Å². The Morgan fingerprint density at radius 1 is 0.591 bits per heavy atom. The molecule has 4 nitrogen and oxygen atoms in total. The summed E-state index contributed by atoms with van der Waals surface area (Å²) < 4.78 is 0. The Balaban J connectivity index is 1.38.